The van der Waals surface area contributed by atoms with E-state index in [1.54, 1.807) is 6.07 Å². The van der Waals surface area contributed by atoms with Crippen LogP contribution in [0.3, 0.4) is 0 Å². The Kier molecular flexibility index (Phi) is 9.06. The number of rotatable bonds is 10. The highest BCUT2D eigenvalue weighted by Crippen LogP contribution is 2.45. The van der Waals surface area contributed by atoms with Crippen LogP contribution in [0.2, 0.25) is 0 Å². The standard InChI is InChI=1S/C32H43F3O/c1-5-7-22-11-14-23(15-12-22)27-19-26-18-25-17-16-24(13-10-21(4)9-8-20(3)6-2)28(33)31(25)36-32(26)30(35)29(27)34/h16-17,19-23H,5-15,18H2,1-4H3. The van der Waals surface area contributed by atoms with Gasteiger partial charge in [-0.3, -0.25) is 0 Å². The first-order chi connectivity index (χ1) is 17.3. The quantitative estimate of drug-likeness (QED) is 0.269. The molecule has 0 radical (unpaired) electrons. The maximum atomic E-state index is 15.4. The Labute approximate surface area is 215 Å². The maximum absolute atomic E-state index is 15.4. The normalized spacial score (nSPS) is 20.9. The van der Waals surface area contributed by atoms with Crippen LogP contribution in [0.5, 0.6) is 11.5 Å². The Bertz CT molecular complexity index is 1040. The summed E-state index contributed by atoms with van der Waals surface area (Å²) in [7, 11) is 0. The van der Waals surface area contributed by atoms with Crippen molar-refractivity contribution in [3.05, 3.63) is 57.9 Å². The average Bonchev–Trinajstić information content (AvgIpc) is 2.89. The van der Waals surface area contributed by atoms with Gasteiger partial charge < -0.3 is 4.74 Å². The van der Waals surface area contributed by atoms with E-state index < -0.39 is 17.5 Å². The van der Waals surface area contributed by atoms with E-state index in [0.717, 1.165) is 38.5 Å². The van der Waals surface area contributed by atoms with Crippen LogP contribution in [0.4, 0.5) is 13.2 Å². The molecule has 198 valence electrons. The van der Waals surface area contributed by atoms with E-state index in [-0.39, 0.29) is 17.4 Å². The number of hydrogen-bond donors (Lipinski definition) is 0. The molecule has 1 saturated carbocycles. The topological polar surface area (TPSA) is 9.23 Å². The Morgan fingerprint density at radius 2 is 1.53 bits per heavy atom. The van der Waals surface area contributed by atoms with E-state index in [1.165, 1.54) is 25.7 Å². The van der Waals surface area contributed by atoms with Crippen LogP contribution in [0.1, 0.15) is 120 Å². The van der Waals surface area contributed by atoms with E-state index in [2.05, 4.69) is 27.7 Å². The minimum atomic E-state index is -0.965. The summed E-state index contributed by atoms with van der Waals surface area (Å²) >= 11 is 0. The maximum Gasteiger partial charge on any atom is 0.201 e. The third kappa shape index (κ3) is 5.94. The summed E-state index contributed by atoms with van der Waals surface area (Å²) < 4.78 is 51.6. The fourth-order valence-electron chi connectivity index (χ4n) is 6.10. The molecule has 1 heterocycles. The molecule has 0 aromatic heterocycles. The molecule has 4 rings (SSSR count). The number of aryl methyl sites for hydroxylation is 1. The first-order valence-electron chi connectivity index (χ1n) is 14.3. The van der Waals surface area contributed by atoms with Gasteiger partial charge in [-0.15, -0.1) is 0 Å². The van der Waals surface area contributed by atoms with Crippen molar-refractivity contribution in [1.29, 1.82) is 0 Å². The van der Waals surface area contributed by atoms with Crippen molar-refractivity contribution in [2.24, 2.45) is 17.8 Å². The van der Waals surface area contributed by atoms with Gasteiger partial charge in [0, 0.05) is 17.5 Å². The molecule has 2 atom stereocenters. The van der Waals surface area contributed by atoms with Crippen LogP contribution >= 0.6 is 0 Å². The van der Waals surface area contributed by atoms with E-state index >= 15 is 13.2 Å². The highest BCUT2D eigenvalue weighted by molar-refractivity contribution is 5.54. The van der Waals surface area contributed by atoms with Gasteiger partial charge in [0.25, 0.3) is 0 Å². The summed E-state index contributed by atoms with van der Waals surface area (Å²) in [5.74, 6) is -0.306. The number of ether oxygens (including phenoxy) is 1. The van der Waals surface area contributed by atoms with Crippen LogP contribution in [0.15, 0.2) is 18.2 Å². The molecule has 2 aliphatic rings. The zero-order valence-electron chi connectivity index (χ0n) is 22.6. The van der Waals surface area contributed by atoms with E-state index in [9.17, 15) is 0 Å². The van der Waals surface area contributed by atoms with E-state index in [0.29, 0.717) is 52.8 Å². The molecule has 4 heteroatoms. The minimum absolute atomic E-state index is 0.0423. The summed E-state index contributed by atoms with van der Waals surface area (Å²) in [6, 6.07) is 5.53. The smallest absolute Gasteiger partial charge is 0.201 e. The predicted octanol–water partition coefficient (Wildman–Crippen LogP) is 10.3. The van der Waals surface area contributed by atoms with Crippen molar-refractivity contribution < 1.29 is 17.9 Å². The highest BCUT2D eigenvalue weighted by atomic mass is 19.2. The summed E-state index contributed by atoms with van der Waals surface area (Å²) in [6.45, 7) is 8.90. The molecule has 2 aromatic rings. The van der Waals surface area contributed by atoms with Crippen molar-refractivity contribution in [3.8, 4) is 11.5 Å². The Hall–Kier alpha value is -1.97. The molecule has 0 amide bonds. The molecule has 0 saturated heterocycles. The fraction of sp³-hybridized carbons (Fsp3) is 0.625. The summed E-state index contributed by atoms with van der Waals surface area (Å²) in [6.07, 6.45) is 11.7. The van der Waals surface area contributed by atoms with Crippen molar-refractivity contribution in [3.63, 3.8) is 0 Å². The molecule has 0 bridgehead atoms. The first-order valence-corrected chi connectivity index (χ1v) is 14.3. The second kappa shape index (κ2) is 12.0. The van der Waals surface area contributed by atoms with Crippen LogP contribution in [0, 0.1) is 35.2 Å². The van der Waals surface area contributed by atoms with Crippen molar-refractivity contribution in [2.45, 2.75) is 111 Å². The van der Waals surface area contributed by atoms with Crippen LogP contribution < -0.4 is 4.74 Å². The summed E-state index contributed by atoms with van der Waals surface area (Å²) in [4.78, 5) is 0. The zero-order valence-corrected chi connectivity index (χ0v) is 22.6. The second-order valence-electron chi connectivity index (χ2n) is 11.6. The number of benzene rings is 2. The van der Waals surface area contributed by atoms with Crippen LogP contribution in [0.25, 0.3) is 0 Å². The van der Waals surface area contributed by atoms with Gasteiger partial charge in [-0.1, -0.05) is 71.9 Å². The number of halogens is 3. The summed E-state index contributed by atoms with van der Waals surface area (Å²) in [5, 5.41) is 0. The monoisotopic (exact) mass is 500 g/mol. The second-order valence-corrected chi connectivity index (χ2v) is 11.6. The molecular formula is C32H43F3O. The van der Waals surface area contributed by atoms with Gasteiger partial charge in [0.15, 0.2) is 23.1 Å². The van der Waals surface area contributed by atoms with Gasteiger partial charge in [-0.05, 0) is 79.4 Å². The van der Waals surface area contributed by atoms with Crippen LogP contribution in [-0.2, 0) is 12.8 Å². The predicted molar refractivity (Wildman–Crippen MR) is 141 cm³/mol. The molecular weight excluding hydrogens is 457 g/mol. The van der Waals surface area contributed by atoms with Gasteiger partial charge in [-0.25, -0.2) is 8.78 Å². The van der Waals surface area contributed by atoms with Gasteiger partial charge >= 0.3 is 0 Å². The Balaban J connectivity index is 1.47. The van der Waals surface area contributed by atoms with Gasteiger partial charge in [0.05, 0.1) is 0 Å². The summed E-state index contributed by atoms with van der Waals surface area (Å²) in [5.41, 5.74) is 2.39. The molecule has 1 aliphatic heterocycles. The molecule has 0 N–H and O–H groups in total. The molecule has 1 aliphatic carbocycles. The van der Waals surface area contributed by atoms with Gasteiger partial charge in [-0.2, -0.15) is 4.39 Å². The van der Waals surface area contributed by atoms with Crippen molar-refractivity contribution >= 4 is 0 Å². The fourth-order valence-corrected chi connectivity index (χ4v) is 6.10. The van der Waals surface area contributed by atoms with Crippen molar-refractivity contribution in [2.75, 3.05) is 0 Å². The Morgan fingerprint density at radius 3 is 2.22 bits per heavy atom. The van der Waals surface area contributed by atoms with Gasteiger partial charge in [0.1, 0.15) is 0 Å². The molecule has 0 spiro atoms. The lowest BCUT2D eigenvalue weighted by Crippen LogP contribution is -2.17. The average molecular weight is 501 g/mol. The first kappa shape index (κ1) is 27.1. The lowest BCUT2D eigenvalue weighted by Gasteiger charge is -2.30. The van der Waals surface area contributed by atoms with E-state index in [4.69, 9.17) is 4.74 Å². The van der Waals surface area contributed by atoms with E-state index in [1.807, 2.05) is 12.1 Å². The molecule has 1 fully saturated rings. The highest BCUT2D eigenvalue weighted by Gasteiger charge is 2.31. The molecule has 2 aromatic carbocycles. The molecule has 36 heavy (non-hydrogen) atoms. The lowest BCUT2D eigenvalue weighted by atomic mass is 9.76. The van der Waals surface area contributed by atoms with Gasteiger partial charge in [0.2, 0.25) is 5.82 Å². The largest absolute Gasteiger partial charge is 0.450 e. The number of hydrogen-bond acceptors (Lipinski definition) is 1. The third-order valence-corrected chi connectivity index (χ3v) is 8.85. The van der Waals surface area contributed by atoms with Crippen LogP contribution in [-0.4, -0.2) is 0 Å². The minimum Gasteiger partial charge on any atom is -0.450 e. The Morgan fingerprint density at radius 1 is 0.833 bits per heavy atom. The zero-order chi connectivity index (χ0) is 25.8. The molecule has 1 nitrogen and oxygen atoms in total. The third-order valence-electron chi connectivity index (χ3n) is 8.85. The number of fused-ring (bicyclic) bond motifs is 2. The lowest BCUT2D eigenvalue weighted by molar-refractivity contribution is 0.301. The SMILES string of the molecule is CCCC1CCC(c2cc3c(c(F)c2F)Oc2c(ccc(CCC(C)CCC(C)CC)c2F)C3)CC1. The van der Waals surface area contributed by atoms with Crippen molar-refractivity contribution in [1.82, 2.24) is 0 Å². The molecule has 2 unspecified atom stereocenters.